The number of nitrogens with zero attached hydrogens (tertiary/aromatic N) is 2. The smallest absolute Gasteiger partial charge is 0.207 e. The molecular formula is C11H11Cl2N3. The molecule has 3 nitrogen and oxygen atoms in total. The third kappa shape index (κ3) is 2.15. The third-order valence-electron chi connectivity index (χ3n) is 2.14. The Balaban J connectivity index is 2.46. The van der Waals surface area contributed by atoms with Crippen LogP contribution in [-0.4, -0.2) is 16.1 Å². The zero-order valence-corrected chi connectivity index (χ0v) is 10.3. The van der Waals surface area contributed by atoms with E-state index < -0.39 is 0 Å². The largest absolute Gasteiger partial charge is 0.356 e. The summed E-state index contributed by atoms with van der Waals surface area (Å²) >= 11 is 12.0. The molecule has 0 aliphatic rings. The molecule has 0 unspecified atom stereocenters. The van der Waals surface area contributed by atoms with Crippen LogP contribution in [0.3, 0.4) is 0 Å². The summed E-state index contributed by atoms with van der Waals surface area (Å²) in [4.78, 5) is 4.21. The highest BCUT2D eigenvalue weighted by Crippen LogP contribution is 2.26. The van der Waals surface area contributed by atoms with E-state index in [-0.39, 0.29) is 0 Å². The quantitative estimate of drug-likeness (QED) is 0.909. The molecule has 0 spiro atoms. The monoisotopic (exact) mass is 255 g/mol. The number of benzene rings is 1. The topological polar surface area (TPSA) is 29.9 Å². The average Bonchev–Trinajstić information content (AvgIpc) is 2.67. The van der Waals surface area contributed by atoms with Gasteiger partial charge in [-0.3, -0.25) is 4.57 Å². The fourth-order valence-corrected chi connectivity index (χ4v) is 1.96. The van der Waals surface area contributed by atoms with Gasteiger partial charge in [0, 0.05) is 24.0 Å². The predicted molar refractivity (Wildman–Crippen MR) is 67.7 cm³/mol. The van der Waals surface area contributed by atoms with Crippen molar-refractivity contribution >= 4 is 29.2 Å². The minimum Gasteiger partial charge on any atom is -0.356 e. The van der Waals surface area contributed by atoms with Crippen molar-refractivity contribution in [1.82, 2.24) is 9.55 Å². The Labute approximate surface area is 104 Å². The van der Waals surface area contributed by atoms with E-state index in [2.05, 4.69) is 10.3 Å². The molecule has 2 rings (SSSR count). The minimum atomic E-state index is 0.602. The van der Waals surface area contributed by atoms with Crippen LogP contribution in [0.1, 0.15) is 6.92 Å². The van der Waals surface area contributed by atoms with E-state index in [4.69, 9.17) is 23.2 Å². The van der Waals surface area contributed by atoms with Crippen LogP contribution in [0.5, 0.6) is 0 Å². The number of hydrogen-bond donors (Lipinski definition) is 1. The molecule has 0 amide bonds. The van der Waals surface area contributed by atoms with Crippen molar-refractivity contribution in [2.75, 3.05) is 11.9 Å². The van der Waals surface area contributed by atoms with Crippen LogP contribution in [0.15, 0.2) is 30.6 Å². The zero-order valence-electron chi connectivity index (χ0n) is 8.74. The highest BCUT2D eigenvalue weighted by molar-refractivity contribution is 6.35. The fraction of sp³-hybridized carbons (Fsp3) is 0.182. The van der Waals surface area contributed by atoms with Gasteiger partial charge in [-0.1, -0.05) is 23.2 Å². The maximum absolute atomic E-state index is 6.13. The number of hydrogen-bond acceptors (Lipinski definition) is 2. The molecule has 0 saturated heterocycles. The number of halogens is 2. The molecule has 0 fully saturated rings. The van der Waals surface area contributed by atoms with Crippen molar-refractivity contribution in [3.63, 3.8) is 0 Å². The summed E-state index contributed by atoms with van der Waals surface area (Å²) in [7, 11) is 0. The summed E-state index contributed by atoms with van der Waals surface area (Å²) in [5, 5.41) is 4.38. The van der Waals surface area contributed by atoms with E-state index in [1.165, 1.54) is 0 Å². The first-order chi connectivity index (χ1) is 7.72. The van der Waals surface area contributed by atoms with Gasteiger partial charge in [0.15, 0.2) is 0 Å². The number of anilines is 1. The van der Waals surface area contributed by atoms with E-state index in [1.54, 1.807) is 18.3 Å². The number of nitrogens with one attached hydrogen (secondary N) is 1. The molecule has 0 saturated carbocycles. The van der Waals surface area contributed by atoms with Crippen molar-refractivity contribution in [3.8, 4) is 5.69 Å². The Kier molecular flexibility index (Phi) is 3.36. The molecule has 0 bridgehead atoms. The van der Waals surface area contributed by atoms with Crippen LogP contribution < -0.4 is 5.32 Å². The van der Waals surface area contributed by atoms with Gasteiger partial charge in [-0.05, 0) is 25.1 Å². The van der Waals surface area contributed by atoms with Crippen LogP contribution in [0.25, 0.3) is 5.69 Å². The minimum absolute atomic E-state index is 0.602. The van der Waals surface area contributed by atoms with Gasteiger partial charge in [0.05, 0.1) is 10.7 Å². The van der Waals surface area contributed by atoms with Crippen molar-refractivity contribution in [2.24, 2.45) is 0 Å². The van der Waals surface area contributed by atoms with E-state index in [0.717, 1.165) is 18.2 Å². The Morgan fingerprint density at radius 3 is 2.88 bits per heavy atom. The Morgan fingerprint density at radius 2 is 2.19 bits per heavy atom. The first-order valence-electron chi connectivity index (χ1n) is 4.95. The molecule has 1 heterocycles. The molecule has 84 valence electrons. The molecule has 16 heavy (non-hydrogen) atoms. The lowest BCUT2D eigenvalue weighted by Crippen LogP contribution is -2.05. The first kappa shape index (κ1) is 11.3. The number of imidazole rings is 1. The number of rotatable bonds is 3. The Bertz CT molecular complexity index is 494. The van der Waals surface area contributed by atoms with Gasteiger partial charge in [-0.25, -0.2) is 4.98 Å². The van der Waals surface area contributed by atoms with Gasteiger partial charge in [-0.2, -0.15) is 0 Å². The predicted octanol–water partition coefficient (Wildman–Crippen LogP) is 3.61. The van der Waals surface area contributed by atoms with E-state index in [0.29, 0.717) is 10.0 Å². The third-order valence-corrected chi connectivity index (χ3v) is 2.68. The second-order valence-corrected chi connectivity index (χ2v) is 4.09. The maximum atomic E-state index is 6.13. The molecule has 2 aromatic rings. The van der Waals surface area contributed by atoms with Crippen molar-refractivity contribution in [1.29, 1.82) is 0 Å². The molecular weight excluding hydrogens is 245 g/mol. The summed E-state index contributed by atoms with van der Waals surface area (Å²) < 4.78 is 1.89. The fourth-order valence-electron chi connectivity index (χ4n) is 1.46. The van der Waals surface area contributed by atoms with Gasteiger partial charge in [0.2, 0.25) is 5.95 Å². The van der Waals surface area contributed by atoms with Crippen LogP contribution in [-0.2, 0) is 0 Å². The van der Waals surface area contributed by atoms with Gasteiger partial charge < -0.3 is 5.32 Å². The lowest BCUT2D eigenvalue weighted by Gasteiger charge is -2.10. The molecule has 0 aliphatic heterocycles. The zero-order chi connectivity index (χ0) is 11.5. The summed E-state index contributed by atoms with van der Waals surface area (Å²) in [5.41, 5.74) is 0.861. The Hall–Kier alpha value is -1.19. The van der Waals surface area contributed by atoms with Crippen LogP contribution in [0, 0.1) is 0 Å². The highest BCUT2D eigenvalue weighted by atomic mass is 35.5. The molecule has 1 N–H and O–H groups in total. The van der Waals surface area contributed by atoms with Crippen LogP contribution in [0.4, 0.5) is 5.95 Å². The van der Waals surface area contributed by atoms with Crippen molar-refractivity contribution < 1.29 is 0 Å². The second-order valence-electron chi connectivity index (χ2n) is 3.25. The highest BCUT2D eigenvalue weighted by Gasteiger charge is 2.07. The molecule has 0 aliphatic carbocycles. The number of aromatic nitrogens is 2. The molecule has 1 aromatic carbocycles. The SMILES string of the molecule is CCNc1nccn1-c1ccc(Cl)cc1Cl. The summed E-state index contributed by atoms with van der Waals surface area (Å²) in [6, 6.07) is 5.39. The summed E-state index contributed by atoms with van der Waals surface area (Å²) in [5.74, 6) is 0.770. The standard InChI is InChI=1S/C11H11Cl2N3/c1-2-14-11-15-5-6-16(11)10-4-3-8(12)7-9(10)13/h3-7H,2H2,1H3,(H,14,15). The molecule has 0 radical (unpaired) electrons. The summed E-state index contributed by atoms with van der Waals surface area (Å²) in [6.45, 7) is 2.82. The summed E-state index contributed by atoms with van der Waals surface area (Å²) in [6.07, 6.45) is 3.58. The van der Waals surface area contributed by atoms with E-state index in [9.17, 15) is 0 Å². The Morgan fingerprint density at radius 1 is 1.38 bits per heavy atom. The molecule has 1 aromatic heterocycles. The van der Waals surface area contributed by atoms with Crippen molar-refractivity contribution in [2.45, 2.75) is 6.92 Å². The lowest BCUT2D eigenvalue weighted by atomic mass is 10.3. The second kappa shape index (κ2) is 4.76. The van der Waals surface area contributed by atoms with Crippen molar-refractivity contribution in [3.05, 3.63) is 40.6 Å². The van der Waals surface area contributed by atoms with E-state index in [1.807, 2.05) is 23.8 Å². The van der Waals surface area contributed by atoms with Gasteiger partial charge in [-0.15, -0.1) is 0 Å². The van der Waals surface area contributed by atoms with Crippen LogP contribution >= 0.6 is 23.2 Å². The molecule has 5 heteroatoms. The van der Waals surface area contributed by atoms with Crippen LogP contribution in [0.2, 0.25) is 10.0 Å². The van der Waals surface area contributed by atoms with Gasteiger partial charge in [0.25, 0.3) is 0 Å². The normalized spacial score (nSPS) is 10.4. The van der Waals surface area contributed by atoms with Gasteiger partial charge >= 0.3 is 0 Å². The molecule has 0 atom stereocenters. The van der Waals surface area contributed by atoms with E-state index >= 15 is 0 Å². The van der Waals surface area contributed by atoms with Gasteiger partial charge in [0.1, 0.15) is 0 Å². The maximum Gasteiger partial charge on any atom is 0.207 e. The lowest BCUT2D eigenvalue weighted by molar-refractivity contribution is 1.02. The first-order valence-corrected chi connectivity index (χ1v) is 5.70. The average molecular weight is 256 g/mol.